The van der Waals surface area contributed by atoms with Crippen molar-refractivity contribution in [2.24, 2.45) is 11.8 Å². The number of carbonyl (C=O) groups excluding carboxylic acids is 1. The highest BCUT2D eigenvalue weighted by atomic mass is 16.4. The minimum Gasteiger partial charge on any atom is -0.480 e. The number of nitrogens with one attached hydrogen (secondary N) is 1. The maximum atomic E-state index is 11.8. The molecule has 1 saturated heterocycles. The molecular formula is C11H20N2O4. The van der Waals surface area contributed by atoms with Crippen molar-refractivity contribution in [1.29, 1.82) is 0 Å². The molecule has 2 amide bonds. The molecule has 0 radical (unpaired) electrons. The Kier molecular flexibility index (Phi) is 4.74. The smallest absolute Gasteiger partial charge is 0.326 e. The van der Waals surface area contributed by atoms with Crippen LogP contribution in [0.2, 0.25) is 0 Å². The second kappa shape index (κ2) is 5.86. The molecule has 0 aromatic carbocycles. The molecule has 98 valence electrons. The van der Waals surface area contributed by atoms with Crippen LogP contribution in [0.3, 0.4) is 0 Å². The van der Waals surface area contributed by atoms with E-state index in [-0.39, 0.29) is 19.1 Å². The molecule has 1 aliphatic heterocycles. The number of carboxylic acid groups (broad SMARTS) is 1. The highest BCUT2D eigenvalue weighted by Gasteiger charge is 2.31. The average molecular weight is 244 g/mol. The van der Waals surface area contributed by atoms with E-state index in [4.69, 9.17) is 10.2 Å². The van der Waals surface area contributed by atoms with E-state index in [2.05, 4.69) is 19.2 Å². The lowest BCUT2D eigenvalue weighted by molar-refractivity contribution is -0.139. The number of urea groups is 1. The van der Waals surface area contributed by atoms with E-state index in [0.717, 1.165) is 0 Å². The van der Waals surface area contributed by atoms with E-state index in [1.807, 2.05) is 0 Å². The molecule has 3 N–H and O–H groups in total. The summed E-state index contributed by atoms with van der Waals surface area (Å²) in [6.07, 6.45) is 0.0278. The van der Waals surface area contributed by atoms with Gasteiger partial charge in [0.05, 0.1) is 0 Å². The number of likely N-dealkylation sites (tertiary alicyclic amines) is 1. The fraction of sp³-hybridized carbons (Fsp3) is 0.818. The Morgan fingerprint density at radius 1 is 1.35 bits per heavy atom. The van der Waals surface area contributed by atoms with E-state index >= 15 is 0 Å². The Morgan fingerprint density at radius 3 is 2.29 bits per heavy atom. The number of rotatable bonds is 4. The highest BCUT2D eigenvalue weighted by molar-refractivity contribution is 5.82. The summed E-state index contributed by atoms with van der Waals surface area (Å²) in [5.74, 6) is -0.253. The molecule has 2 unspecified atom stereocenters. The average Bonchev–Trinajstić information content (AvgIpc) is 2.58. The minimum atomic E-state index is -1.12. The van der Waals surface area contributed by atoms with E-state index in [0.29, 0.717) is 24.9 Å². The fourth-order valence-electron chi connectivity index (χ4n) is 1.92. The summed E-state index contributed by atoms with van der Waals surface area (Å²) < 4.78 is 0. The Hall–Kier alpha value is -1.30. The van der Waals surface area contributed by atoms with Crippen molar-refractivity contribution in [2.75, 3.05) is 19.7 Å². The summed E-state index contributed by atoms with van der Waals surface area (Å²) in [6, 6.07) is -1.37. The van der Waals surface area contributed by atoms with Crippen LogP contribution in [0.4, 0.5) is 4.79 Å². The van der Waals surface area contributed by atoms with Gasteiger partial charge in [-0.05, 0) is 11.8 Å². The molecule has 0 bridgehead atoms. The van der Waals surface area contributed by atoms with Gasteiger partial charge in [0, 0.05) is 26.1 Å². The predicted octanol–water partition coefficient (Wildman–Crippen LogP) is 0.119. The van der Waals surface area contributed by atoms with Gasteiger partial charge in [-0.25, -0.2) is 9.59 Å². The number of carbonyl (C=O) groups is 2. The van der Waals surface area contributed by atoms with Gasteiger partial charge in [0.1, 0.15) is 6.04 Å². The van der Waals surface area contributed by atoms with Gasteiger partial charge < -0.3 is 20.4 Å². The molecule has 1 aliphatic rings. The summed E-state index contributed by atoms with van der Waals surface area (Å²) >= 11 is 0. The zero-order valence-corrected chi connectivity index (χ0v) is 10.2. The van der Waals surface area contributed by atoms with Crippen LogP contribution < -0.4 is 5.32 Å². The van der Waals surface area contributed by atoms with Gasteiger partial charge in [0.2, 0.25) is 0 Å². The first-order valence-electron chi connectivity index (χ1n) is 5.84. The maximum absolute atomic E-state index is 11.8. The van der Waals surface area contributed by atoms with Crippen LogP contribution in [0.5, 0.6) is 0 Å². The van der Waals surface area contributed by atoms with Crippen molar-refractivity contribution >= 4 is 12.0 Å². The third-order valence-electron chi connectivity index (χ3n) is 3.29. The Balaban J connectivity index is 2.50. The normalized spacial score (nSPS) is 25.7. The van der Waals surface area contributed by atoms with Gasteiger partial charge in [0.25, 0.3) is 0 Å². The highest BCUT2D eigenvalue weighted by Crippen LogP contribution is 2.21. The second-order valence-corrected chi connectivity index (χ2v) is 4.71. The molecule has 6 nitrogen and oxygen atoms in total. The van der Waals surface area contributed by atoms with Crippen LogP contribution in [0.1, 0.15) is 20.3 Å². The van der Waals surface area contributed by atoms with Crippen LogP contribution in [0, 0.1) is 11.8 Å². The summed E-state index contributed by atoms with van der Waals surface area (Å²) in [7, 11) is 0. The van der Waals surface area contributed by atoms with Crippen LogP contribution >= 0.6 is 0 Å². The van der Waals surface area contributed by atoms with Gasteiger partial charge in [-0.15, -0.1) is 0 Å². The Morgan fingerprint density at radius 2 is 1.88 bits per heavy atom. The van der Waals surface area contributed by atoms with Gasteiger partial charge >= 0.3 is 12.0 Å². The lowest BCUT2D eigenvalue weighted by Crippen LogP contribution is -2.47. The SMILES string of the molecule is CC1CN(C(=O)N[C@@H](CCO)C(=O)O)CC1C. The van der Waals surface area contributed by atoms with Gasteiger partial charge in [-0.1, -0.05) is 13.8 Å². The lowest BCUT2D eigenvalue weighted by atomic mass is 10.0. The molecule has 0 saturated carbocycles. The Labute approximate surface area is 101 Å². The lowest BCUT2D eigenvalue weighted by Gasteiger charge is -2.20. The van der Waals surface area contributed by atoms with Crippen LogP contribution in [-0.2, 0) is 4.79 Å². The quantitative estimate of drug-likeness (QED) is 0.655. The van der Waals surface area contributed by atoms with Crippen molar-refractivity contribution in [3.63, 3.8) is 0 Å². The number of aliphatic carboxylic acids is 1. The maximum Gasteiger partial charge on any atom is 0.326 e. The number of hydrogen-bond donors (Lipinski definition) is 3. The number of carboxylic acids is 1. The molecule has 3 atom stereocenters. The molecule has 1 rings (SSSR count). The number of hydrogen-bond acceptors (Lipinski definition) is 3. The number of nitrogens with zero attached hydrogens (tertiary/aromatic N) is 1. The molecule has 0 aliphatic carbocycles. The number of amides is 2. The van der Waals surface area contributed by atoms with Crippen LogP contribution in [0.25, 0.3) is 0 Å². The van der Waals surface area contributed by atoms with Gasteiger partial charge in [-0.3, -0.25) is 0 Å². The molecule has 6 heteroatoms. The van der Waals surface area contributed by atoms with Crippen LogP contribution in [0.15, 0.2) is 0 Å². The second-order valence-electron chi connectivity index (χ2n) is 4.71. The molecule has 0 aromatic rings. The van der Waals surface area contributed by atoms with Crippen molar-refractivity contribution in [3.8, 4) is 0 Å². The van der Waals surface area contributed by atoms with E-state index < -0.39 is 12.0 Å². The molecular weight excluding hydrogens is 224 g/mol. The van der Waals surface area contributed by atoms with Crippen LogP contribution in [-0.4, -0.2) is 52.9 Å². The Bertz CT molecular complexity index is 285. The van der Waals surface area contributed by atoms with E-state index in [9.17, 15) is 9.59 Å². The molecule has 17 heavy (non-hydrogen) atoms. The zero-order valence-electron chi connectivity index (χ0n) is 10.2. The molecule has 0 aromatic heterocycles. The number of aliphatic hydroxyl groups excluding tert-OH is 1. The first kappa shape index (κ1) is 13.8. The largest absolute Gasteiger partial charge is 0.480 e. The van der Waals surface area contributed by atoms with Crippen molar-refractivity contribution in [3.05, 3.63) is 0 Å². The summed E-state index contributed by atoms with van der Waals surface area (Å²) in [5, 5.41) is 20.0. The summed E-state index contributed by atoms with van der Waals surface area (Å²) in [5.41, 5.74) is 0. The predicted molar refractivity (Wildman–Crippen MR) is 61.6 cm³/mol. The minimum absolute atomic E-state index is 0.0278. The topological polar surface area (TPSA) is 89.9 Å². The van der Waals surface area contributed by atoms with Crippen molar-refractivity contribution in [1.82, 2.24) is 10.2 Å². The first-order chi connectivity index (χ1) is 7.95. The summed E-state index contributed by atoms with van der Waals surface area (Å²) in [4.78, 5) is 24.2. The van der Waals surface area contributed by atoms with Gasteiger partial charge in [-0.2, -0.15) is 0 Å². The summed E-state index contributed by atoms with van der Waals surface area (Å²) in [6.45, 7) is 5.18. The molecule has 1 heterocycles. The monoisotopic (exact) mass is 244 g/mol. The van der Waals surface area contributed by atoms with E-state index in [1.54, 1.807) is 4.90 Å². The fourth-order valence-corrected chi connectivity index (χ4v) is 1.92. The molecule has 0 spiro atoms. The third-order valence-corrected chi connectivity index (χ3v) is 3.29. The van der Waals surface area contributed by atoms with E-state index in [1.165, 1.54) is 0 Å². The molecule has 1 fully saturated rings. The number of aliphatic hydroxyl groups is 1. The first-order valence-corrected chi connectivity index (χ1v) is 5.84. The zero-order chi connectivity index (χ0) is 13.0. The van der Waals surface area contributed by atoms with Gasteiger partial charge in [0.15, 0.2) is 0 Å². The van der Waals surface area contributed by atoms with Crippen molar-refractivity contribution in [2.45, 2.75) is 26.3 Å². The standard InChI is InChI=1S/C11H20N2O4/c1-7-5-13(6-8(7)2)11(17)12-9(3-4-14)10(15)16/h7-9,14H,3-6H2,1-2H3,(H,12,17)(H,15,16)/t7?,8?,9-/m0/s1. The van der Waals surface area contributed by atoms with Crippen molar-refractivity contribution < 1.29 is 19.8 Å². The third kappa shape index (κ3) is 3.59.